The van der Waals surface area contributed by atoms with Gasteiger partial charge in [0.25, 0.3) is 0 Å². The highest BCUT2D eigenvalue weighted by Gasteiger charge is 2.26. The molecule has 20 heavy (non-hydrogen) atoms. The van der Waals surface area contributed by atoms with E-state index in [1.807, 2.05) is 12.1 Å². The molecule has 1 saturated heterocycles. The number of hydrogen-bond donors (Lipinski definition) is 1. The van der Waals surface area contributed by atoms with E-state index in [4.69, 9.17) is 5.73 Å². The molecule has 2 rings (SSSR count). The topological polar surface area (TPSA) is 59.2 Å². The lowest BCUT2D eigenvalue weighted by atomic mass is 9.90. The number of pyridine rings is 1. The van der Waals surface area contributed by atoms with E-state index < -0.39 is 0 Å². The van der Waals surface area contributed by atoms with Gasteiger partial charge in [-0.15, -0.1) is 0 Å². The van der Waals surface area contributed by atoms with Crippen molar-refractivity contribution >= 4 is 5.78 Å². The van der Waals surface area contributed by atoms with Crippen molar-refractivity contribution in [3.8, 4) is 0 Å². The maximum absolute atomic E-state index is 12.4. The van der Waals surface area contributed by atoms with Crippen LogP contribution in [0.25, 0.3) is 0 Å². The van der Waals surface area contributed by atoms with Crippen molar-refractivity contribution in [2.75, 3.05) is 19.6 Å². The van der Waals surface area contributed by atoms with Gasteiger partial charge in [-0.3, -0.25) is 9.78 Å². The van der Waals surface area contributed by atoms with Crippen molar-refractivity contribution in [1.29, 1.82) is 0 Å². The highest BCUT2D eigenvalue weighted by Crippen LogP contribution is 2.21. The predicted molar refractivity (Wildman–Crippen MR) is 80.5 cm³/mol. The quantitative estimate of drug-likeness (QED) is 0.836. The number of carbonyl (C=O) groups excluding carboxylic acids is 1. The molecule has 0 aliphatic carbocycles. The Bertz CT molecular complexity index is 434. The molecular formula is C16H25N3O. The minimum Gasteiger partial charge on any atom is -0.326 e. The highest BCUT2D eigenvalue weighted by molar-refractivity contribution is 5.96. The molecule has 110 valence electrons. The van der Waals surface area contributed by atoms with Crippen molar-refractivity contribution < 1.29 is 4.79 Å². The summed E-state index contributed by atoms with van der Waals surface area (Å²) in [4.78, 5) is 19.1. The van der Waals surface area contributed by atoms with Gasteiger partial charge < -0.3 is 10.6 Å². The Morgan fingerprint density at radius 2 is 2.10 bits per heavy atom. The lowest BCUT2D eigenvalue weighted by molar-refractivity contribution is 0.0826. The molecule has 0 spiro atoms. The van der Waals surface area contributed by atoms with Crippen LogP contribution in [0.3, 0.4) is 0 Å². The van der Waals surface area contributed by atoms with Crippen LogP contribution in [0.2, 0.25) is 0 Å². The fourth-order valence-electron chi connectivity index (χ4n) is 2.79. The normalized spacial score (nSPS) is 17.6. The highest BCUT2D eigenvalue weighted by atomic mass is 16.1. The number of piperidine rings is 1. The Labute approximate surface area is 121 Å². The van der Waals surface area contributed by atoms with Gasteiger partial charge in [0.05, 0.1) is 0 Å². The zero-order chi connectivity index (χ0) is 14.5. The number of Topliss-reactive ketones (excluding diaryl/α,β-unsaturated/α-hetero) is 1. The first-order valence-electron chi connectivity index (χ1n) is 7.51. The van der Waals surface area contributed by atoms with Crippen molar-refractivity contribution in [2.24, 2.45) is 17.6 Å². The van der Waals surface area contributed by atoms with Crippen LogP contribution in [0.15, 0.2) is 18.3 Å². The van der Waals surface area contributed by atoms with E-state index in [-0.39, 0.29) is 11.7 Å². The van der Waals surface area contributed by atoms with Gasteiger partial charge in [0.2, 0.25) is 0 Å². The third-order valence-electron chi connectivity index (χ3n) is 3.89. The number of carbonyl (C=O) groups is 1. The molecule has 1 fully saturated rings. The van der Waals surface area contributed by atoms with Gasteiger partial charge in [-0.25, -0.2) is 0 Å². The third-order valence-corrected chi connectivity index (χ3v) is 3.89. The van der Waals surface area contributed by atoms with Crippen LogP contribution in [0.1, 0.15) is 42.7 Å². The molecule has 0 bridgehead atoms. The minimum absolute atomic E-state index is 0.134. The average Bonchev–Trinajstić information content (AvgIpc) is 2.47. The SMILES string of the molecule is CC(C)CN1CCC(C(=O)c2ccc(CN)cn2)CC1. The first kappa shape index (κ1) is 15.1. The molecule has 1 aromatic heterocycles. The summed E-state index contributed by atoms with van der Waals surface area (Å²) < 4.78 is 0. The van der Waals surface area contributed by atoms with Gasteiger partial charge in [-0.05, 0) is 43.5 Å². The molecule has 4 heteroatoms. The summed E-state index contributed by atoms with van der Waals surface area (Å²) >= 11 is 0. The summed E-state index contributed by atoms with van der Waals surface area (Å²) in [5, 5.41) is 0. The Balaban J connectivity index is 1.90. The Kier molecular flexibility index (Phi) is 5.26. The van der Waals surface area contributed by atoms with E-state index in [9.17, 15) is 4.79 Å². The average molecular weight is 275 g/mol. The fraction of sp³-hybridized carbons (Fsp3) is 0.625. The number of likely N-dealkylation sites (tertiary alicyclic amines) is 1. The van der Waals surface area contributed by atoms with Crippen molar-refractivity contribution in [2.45, 2.75) is 33.2 Å². The van der Waals surface area contributed by atoms with Gasteiger partial charge >= 0.3 is 0 Å². The lowest BCUT2D eigenvalue weighted by Gasteiger charge is -2.32. The molecule has 0 radical (unpaired) electrons. The minimum atomic E-state index is 0.134. The smallest absolute Gasteiger partial charge is 0.184 e. The largest absolute Gasteiger partial charge is 0.326 e. The summed E-state index contributed by atoms with van der Waals surface area (Å²) in [6.45, 7) is 8.12. The van der Waals surface area contributed by atoms with Gasteiger partial charge in [0, 0.05) is 25.2 Å². The Morgan fingerprint density at radius 1 is 1.40 bits per heavy atom. The van der Waals surface area contributed by atoms with Gasteiger partial charge in [-0.1, -0.05) is 19.9 Å². The number of nitrogens with zero attached hydrogens (tertiary/aromatic N) is 2. The van der Waals surface area contributed by atoms with E-state index >= 15 is 0 Å². The molecule has 1 aliphatic heterocycles. The van der Waals surface area contributed by atoms with E-state index in [1.54, 1.807) is 6.20 Å². The van der Waals surface area contributed by atoms with E-state index in [2.05, 4.69) is 23.7 Å². The van der Waals surface area contributed by atoms with Crippen LogP contribution in [0.5, 0.6) is 0 Å². The predicted octanol–water partition coefficient (Wildman–Crippen LogP) is 2.09. The fourth-order valence-corrected chi connectivity index (χ4v) is 2.79. The molecule has 2 heterocycles. The van der Waals surface area contributed by atoms with Crippen molar-refractivity contribution in [1.82, 2.24) is 9.88 Å². The van der Waals surface area contributed by atoms with E-state index in [0.29, 0.717) is 18.2 Å². The first-order chi connectivity index (χ1) is 9.60. The molecule has 0 unspecified atom stereocenters. The number of ketones is 1. The molecule has 1 aliphatic rings. The lowest BCUT2D eigenvalue weighted by Crippen LogP contribution is -2.38. The summed E-state index contributed by atoms with van der Waals surface area (Å²) in [5.74, 6) is 1.01. The van der Waals surface area contributed by atoms with Crippen molar-refractivity contribution in [3.63, 3.8) is 0 Å². The molecule has 2 N–H and O–H groups in total. The standard InChI is InChI=1S/C16H25N3O/c1-12(2)11-19-7-5-14(6-8-19)16(20)15-4-3-13(9-17)10-18-15/h3-4,10,12,14H,5-9,11,17H2,1-2H3. The van der Waals surface area contributed by atoms with Crippen LogP contribution in [0, 0.1) is 11.8 Å². The van der Waals surface area contributed by atoms with Crippen LogP contribution < -0.4 is 5.73 Å². The maximum Gasteiger partial charge on any atom is 0.184 e. The van der Waals surface area contributed by atoms with Gasteiger partial charge in [0.1, 0.15) is 5.69 Å². The molecular weight excluding hydrogens is 250 g/mol. The van der Waals surface area contributed by atoms with Crippen LogP contribution in [0.4, 0.5) is 0 Å². The molecule has 0 amide bonds. The first-order valence-corrected chi connectivity index (χ1v) is 7.51. The van der Waals surface area contributed by atoms with E-state index in [1.165, 1.54) is 0 Å². The van der Waals surface area contributed by atoms with Gasteiger partial charge in [0.15, 0.2) is 5.78 Å². The molecule has 0 atom stereocenters. The Hall–Kier alpha value is -1.26. The summed E-state index contributed by atoms with van der Waals surface area (Å²) in [6.07, 6.45) is 3.61. The number of rotatable bonds is 5. The van der Waals surface area contributed by atoms with Crippen LogP contribution >= 0.6 is 0 Å². The van der Waals surface area contributed by atoms with Crippen LogP contribution in [-0.2, 0) is 6.54 Å². The second-order valence-electron chi connectivity index (χ2n) is 6.09. The monoisotopic (exact) mass is 275 g/mol. The number of hydrogen-bond acceptors (Lipinski definition) is 4. The summed E-state index contributed by atoms with van der Waals surface area (Å²) in [5.41, 5.74) is 7.10. The number of aromatic nitrogens is 1. The second-order valence-corrected chi connectivity index (χ2v) is 6.09. The molecule has 0 saturated carbocycles. The van der Waals surface area contributed by atoms with Crippen LogP contribution in [-0.4, -0.2) is 35.3 Å². The number of nitrogens with two attached hydrogens (primary N) is 1. The van der Waals surface area contributed by atoms with Crippen molar-refractivity contribution in [3.05, 3.63) is 29.6 Å². The molecule has 0 aromatic carbocycles. The second kappa shape index (κ2) is 6.95. The maximum atomic E-state index is 12.4. The molecule has 4 nitrogen and oxygen atoms in total. The van der Waals surface area contributed by atoms with Gasteiger partial charge in [-0.2, -0.15) is 0 Å². The molecule has 1 aromatic rings. The summed E-state index contributed by atoms with van der Waals surface area (Å²) in [6, 6.07) is 3.71. The third kappa shape index (κ3) is 3.87. The van der Waals surface area contributed by atoms with E-state index in [0.717, 1.165) is 38.0 Å². The zero-order valence-corrected chi connectivity index (χ0v) is 12.5. The Morgan fingerprint density at radius 3 is 2.60 bits per heavy atom. The summed E-state index contributed by atoms with van der Waals surface area (Å²) in [7, 11) is 0. The zero-order valence-electron chi connectivity index (χ0n) is 12.5.